The van der Waals surface area contributed by atoms with Crippen molar-refractivity contribution in [2.75, 3.05) is 24.6 Å². The monoisotopic (exact) mass is 297 g/mol. The first-order valence-corrected chi connectivity index (χ1v) is 9.43. The summed E-state index contributed by atoms with van der Waals surface area (Å²) in [5.74, 6) is 0.638. The van der Waals surface area contributed by atoms with Crippen LogP contribution in [0, 0.1) is 0 Å². The molecule has 2 unspecified atom stereocenters. The van der Waals surface area contributed by atoms with Gasteiger partial charge in [0.1, 0.15) is 0 Å². The van der Waals surface area contributed by atoms with Crippen LogP contribution < -0.4 is 0 Å². The Morgan fingerprint density at radius 2 is 2.16 bits per heavy atom. The standard InChI is InChI=1S/C14H19NO2S2/c1-11-10-19(16,17)7-6-15(11)9-13-8-12-4-2-3-5-14(12)18-13/h2-5,11,13H,6-10H2,1H3. The van der Waals surface area contributed by atoms with Gasteiger partial charge in [-0.25, -0.2) is 8.42 Å². The van der Waals surface area contributed by atoms with E-state index in [1.807, 2.05) is 18.7 Å². The van der Waals surface area contributed by atoms with E-state index in [2.05, 4.69) is 29.2 Å². The maximum absolute atomic E-state index is 11.6. The Morgan fingerprint density at radius 3 is 2.89 bits per heavy atom. The minimum absolute atomic E-state index is 0.156. The SMILES string of the molecule is CC1CS(=O)(=O)CCN1CC1Cc2ccccc2S1. The normalized spacial score (nSPS) is 30.2. The van der Waals surface area contributed by atoms with Gasteiger partial charge in [-0.15, -0.1) is 11.8 Å². The molecule has 104 valence electrons. The molecule has 3 rings (SSSR count). The maximum atomic E-state index is 11.6. The average Bonchev–Trinajstić information content (AvgIpc) is 2.74. The zero-order chi connectivity index (χ0) is 13.5. The summed E-state index contributed by atoms with van der Waals surface area (Å²) in [7, 11) is -2.80. The van der Waals surface area contributed by atoms with Crippen LogP contribution in [-0.4, -0.2) is 49.2 Å². The third-order valence-corrected chi connectivity index (χ3v) is 7.06. The van der Waals surface area contributed by atoms with Crippen LogP contribution in [0.4, 0.5) is 0 Å². The van der Waals surface area contributed by atoms with Gasteiger partial charge in [-0.3, -0.25) is 4.90 Å². The van der Waals surface area contributed by atoms with E-state index in [4.69, 9.17) is 0 Å². The van der Waals surface area contributed by atoms with E-state index in [-0.39, 0.29) is 6.04 Å². The second-order valence-corrected chi connectivity index (χ2v) is 9.08. The van der Waals surface area contributed by atoms with E-state index in [9.17, 15) is 8.42 Å². The van der Waals surface area contributed by atoms with Crippen LogP contribution >= 0.6 is 11.8 Å². The zero-order valence-electron chi connectivity index (χ0n) is 11.1. The van der Waals surface area contributed by atoms with E-state index in [0.717, 1.165) is 13.0 Å². The van der Waals surface area contributed by atoms with Gasteiger partial charge >= 0.3 is 0 Å². The number of fused-ring (bicyclic) bond motifs is 1. The summed E-state index contributed by atoms with van der Waals surface area (Å²) in [4.78, 5) is 3.73. The summed E-state index contributed by atoms with van der Waals surface area (Å²) in [6.07, 6.45) is 1.11. The lowest BCUT2D eigenvalue weighted by atomic mass is 10.1. The molecule has 0 amide bonds. The Morgan fingerprint density at radius 1 is 1.37 bits per heavy atom. The summed E-state index contributed by atoms with van der Waals surface area (Å²) in [6.45, 7) is 3.72. The van der Waals surface area contributed by atoms with Crippen molar-refractivity contribution in [2.45, 2.75) is 29.5 Å². The smallest absolute Gasteiger partial charge is 0.153 e. The molecule has 3 nitrogen and oxygen atoms in total. The Bertz CT molecular complexity index is 546. The highest BCUT2D eigenvalue weighted by Gasteiger charge is 2.31. The van der Waals surface area contributed by atoms with Crippen LogP contribution in [0.2, 0.25) is 0 Å². The van der Waals surface area contributed by atoms with Gasteiger partial charge in [0.2, 0.25) is 0 Å². The summed E-state index contributed by atoms with van der Waals surface area (Å²) in [6, 6.07) is 8.72. The first kappa shape index (κ1) is 13.5. The van der Waals surface area contributed by atoms with Gasteiger partial charge in [0.05, 0.1) is 11.5 Å². The molecule has 0 radical (unpaired) electrons. The quantitative estimate of drug-likeness (QED) is 0.834. The van der Waals surface area contributed by atoms with Crippen molar-refractivity contribution in [2.24, 2.45) is 0 Å². The lowest BCUT2D eigenvalue weighted by Crippen LogP contribution is -2.49. The van der Waals surface area contributed by atoms with Crippen molar-refractivity contribution in [3.05, 3.63) is 29.8 Å². The van der Waals surface area contributed by atoms with Crippen molar-refractivity contribution >= 4 is 21.6 Å². The Hall–Kier alpha value is -0.520. The fourth-order valence-corrected chi connectivity index (χ4v) is 5.89. The van der Waals surface area contributed by atoms with Gasteiger partial charge in [-0.2, -0.15) is 0 Å². The van der Waals surface area contributed by atoms with Crippen molar-refractivity contribution in [3.8, 4) is 0 Å². The zero-order valence-corrected chi connectivity index (χ0v) is 12.7. The number of hydrogen-bond acceptors (Lipinski definition) is 4. The molecule has 0 bridgehead atoms. The fraction of sp³-hybridized carbons (Fsp3) is 0.571. The Balaban J connectivity index is 1.62. The molecule has 1 fully saturated rings. The van der Waals surface area contributed by atoms with Crippen molar-refractivity contribution in [3.63, 3.8) is 0 Å². The molecular formula is C14H19NO2S2. The van der Waals surface area contributed by atoms with Crippen LogP contribution in [0.3, 0.4) is 0 Å². The van der Waals surface area contributed by atoms with E-state index in [1.54, 1.807) is 0 Å². The molecule has 0 spiro atoms. The number of hydrogen-bond donors (Lipinski definition) is 0. The van der Waals surface area contributed by atoms with Gasteiger partial charge in [-0.05, 0) is 25.0 Å². The van der Waals surface area contributed by atoms with E-state index >= 15 is 0 Å². The summed E-state index contributed by atoms with van der Waals surface area (Å²) in [5, 5.41) is 0.570. The fourth-order valence-electron chi connectivity index (χ4n) is 2.92. The first-order valence-electron chi connectivity index (χ1n) is 6.72. The molecule has 2 aliphatic heterocycles. The largest absolute Gasteiger partial charge is 0.298 e. The molecule has 2 heterocycles. The van der Waals surface area contributed by atoms with Crippen molar-refractivity contribution < 1.29 is 8.42 Å². The predicted molar refractivity (Wildman–Crippen MR) is 79.5 cm³/mol. The van der Waals surface area contributed by atoms with Crippen LogP contribution in [0.1, 0.15) is 12.5 Å². The molecule has 19 heavy (non-hydrogen) atoms. The number of nitrogens with zero attached hydrogens (tertiary/aromatic N) is 1. The number of sulfone groups is 1. The van der Waals surface area contributed by atoms with Gasteiger partial charge in [0.25, 0.3) is 0 Å². The number of rotatable bonds is 2. The van der Waals surface area contributed by atoms with Gasteiger partial charge in [0, 0.05) is 29.3 Å². The summed E-state index contributed by atoms with van der Waals surface area (Å²) >= 11 is 1.94. The van der Waals surface area contributed by atoms with Gasteiger partial charge in [0.15, 0.2) is 9.84 Å². The maximum Gasteiger partial charge on any atom is 0.153 e. The second-order valence-electron chi connectivity index (χ2n) is 5.51. The number of benzene rings is 1. The third kappa shape index (κ3) is 2.98. The Labute approximate surface area is 119 Å². The molecule has 2 aliphatic rings. The van der Waals surface area contributed by atoms with Gasteiger partial charge < -0.3 is 0 Å². The summed E-state index contributed by atoms with van der Waals surface area (Å²) in [5.41, 5.74) is 1.44. The van der Waals surface area contributed by atoms with Gasteiger partial charge in [-0.1, -0.05) is 18.2 Å². The Kier molecular flexibility index (Phi) is 3.62. The third-order valence-electron chi connectivity index (χ3n) is 3.96. The lowest BCUT2D eigenvalue weighted by Gasteiger charge is -2.34. The lowest BCUT2D eigenvalue weighted by molar-refractivity contribution is 0.228. The molecule has 0 aliphatic carbocycles. The molecule has 5 heteroatoms. The average molecular weight is 297 g/mol. The van der Waals surface area contributed by atoms with E-state index < -0.39 is 9.84 Å². The van der Waals surface area contributed by atoms with Crippen molar-refractivity contribution in [1.29, 1.82) is 0 Å². The van der Waals surface area contributed by atoms with Crippen LogP contribution in [-0.2, 0) is 16.3 Å². The highest BCUT2D eigenvalue weighted by atomic mass is 32.2. The van der Waals surface area contributed by atoms with E-state index in [1.165, 1.54) is 10.5 Å². The summed E-state index contributed by atoms with van der Waals surface area (Å²) < 4.78 is 23.2. The topological polar surface area (TPSA) is 37.4 Å². The minimum Gasteiger partial charge on any atom is -0.298 e. The molecule has 0 N–H and O–H groups in total. The molecule has 1 saturated heterocycles. The molecule has 0 saturated carbocycles. The predicted octanol–water partition coefficient (Wildman–Crippen LogP) is 1.82. The highest BCUT2D eigenvalue weighted by molar-refractivity contribution is 8.00. The number of thioether (sulfide) groups is 1. The van der Waals surface area contributed by atoms with Crippen LogP contribution in [0.5, 0.6) is 0 Å². The molecular weight excluding hydrogens is 278 g/mol. The molecule has 1 aromatic carbocycles. The minimum atomic E-state index is -2.80. The van der Waals surface area contributed by atoms with Crippen LogP contribution in [0.15, 0.2) is 29.2 Å². The highest BCUT2D eigenvalue weighted by Crippen LogP contribution is 2.37. The van der Waals surface area contributed by atoms with E-state index in [0.29, 0.717) is 23.3 Å². The molecule has 1 aromatic rings. The van der Waals surface area contributed by atoms with Crippen LogP contribution in [0.25, 0.3) is 0 Å². The molecule has 2 atom stereocenters. The first-order chi connectivity index (χ1) is 9.03. The molecule has 0 aromatic heterocycles. The van der Waals surface area contributed by atoms with Crippen molar-refractivity contribution in [1.82, 2.24) is 4.90 Å². The second kappa shape index (κ2) is 5.11.